The molecule has 0 spiro atoms. The lowest BCUT2D eigenvalue weighted by Gasteiger charge is -2.10. The highest BCUT2D eigenvalue weighted by Gasteiger charge is 2.25. The Labute approximate surface area is 76.0 Å². The van der Waals surface area contributed by atoms with E-state index in [4.69, 9.17) is 4.42 Å². The molecule has 0 radical (unpaired) electrons. The highest BCUT2D eigenvalue weighted by molar-refractivity contribution is 7.99. The highest BCUT2D eigenvalue weighted by atomic mass is 32.2. The zero-order chi connectivity index (χ0) is 8.39. The molecule has 0 aliphatic carbocycles. The van der Waals surface area contributed by atoms with Gasteiger partial charge in [-0.3, -0.25) is 0 Å². The fourth-order valence-electron chi connectivity index (χ4n) is 1.49. The van der Waals surface area contributed by atoms with E-state index in [1.165, 1.54) is 5.56 Å². The van der Waals surface area contributed by atoms with Crippen molar-refractivity contribution >= 4 is 11.8 Å². The first-order chi connectivity index (χ1) is 5.86. The van der Waals surface area contributed by atoms with Gasteiger partial charge in [0.05, 0.1) is 18.6 Å². The first-order valence-electron chi connectivity index (χ1n) is 4.13. The second-order valence-electron chi connectivity index (χ2n) is 3.20. The van der Waals surface area contributed by atoms with Crippen LogP contribution >= 0.6 is 11.8 Å². The van der Waals surface area contributed by atoms with Crippen LogP contribution in [0.25, 0.3) is 0 Å². The molecule has 1 aliphatic heterocycles. The second-order valence-corrected chi connectivity index (χ2v) is 4.28. The van der Waals surface area contributed by atoms with Crippen molar-refractivity contribution in [3.63, 3.8) is 0 Å². The van der Waals surface area contributed by atoms with Crippen molar-refractivity contribution < 1.29 is 9.52 Å². The first kappa shape index (κ1) is 8.20. The van der Waals surface area contributed by atoms with Gasteiger partial charge in [0.15, 0.2) is 0 Å². The maximum Gasteiger partial charge on any atom is 0.0934 e. The van der Waals surface area contributed by atoms with Crippen LogP contribution in [0.4, 0.5) is 0 Å². The van der Waals surface area contributed by atoms with Gasteiger partial charge >= 0.3 is 0 Å². The Morgan fingerprint density at radius 3 is 3.08 bits per heavy atom. The van der Waals surface area contributed by atoms with Crippen molar-refractivity contribution in [1.29, 1.82) is 0 Å². The fraction of sp³-hybridized carbons (Fsp3) is 0.556. The van der Waals surface area contributed by atoms with Gasteiger partial charge in [-0.15, -0.1) is 0 Å². The summed E-state index contributed by atoms with van der Waals surface area (Å²) in [6.45, 7) is 0. The molecule has 0 bridgehead atoms. The van der Waals surface area contributed by atoms with Gasteiger partial charge < -0.3 is 9.52 Å². The van der Waals surface area contributed by atoms with E-state index in [9.17, 15) is 5.11 Å². The van der Waals surface area contributed by atoms with Gasteiger partial charge in [-0.2, -0.15) is 11.8 Å². The zero-order valence-corrected chi connectivity index (χ0v) is 7.59. The molecule has 1 saturated heterocycles. The SMILES string of the molecule is OC1CSCC1Cc1ccoc1. The molecule has 12 heavy (non-hydrogen) atoms. The van der Waals surface area contributed by atoms with Crippen LogP contribution < -0.4 is 0 Å². The molecule has 0 saturated carbocycles. The average Bonchev–Trinajstić information content (AvgIpc) is 2.65. The minimum Gasteiger partial charge on any atom is -0.472 e. The summed E-state index contributed by atoms with van der Waals surface area (Å²) < 4.78 is 4.97. The smallest absolute Gasteiger partial charge is 0.0934 e. The Morgan fingerprint density at radius 1 is 1.58 bits per heavy atom. The third-order valence-corrected chi connectivity index (χ3v) is 3.48. The summed E-state index contributed by atoms with van der Waals surface area (Å²) in [7, 11) is 0. The standard InChI is InChI=1S/C9H12O2S/c10-9-6-12-5-8(9)3-7-1-2-11-4-7/h1-2,4,8-10H,3,5-6H2. The van der Waals surface area contributed by atoms with Gasteiger partial charge in [0.25, 0.3) is 0 Å². The van der Waals surface area contributed by atoms with E-state index in [2.05, 4.69) is 0 Å². The van der Waals surface area contributed by atoms with Gasteiger partial charge in [0.2, 0.25) is 0 Å². The van der Waals surface area contributed by atoms with Crippen molar-refractivity contribution in [2.45, 2.75) is 12.5 Å². The summed E-state index contributed by atoms with van der Waals surface area (Å²) in [5.74, 6) is 2.39. The molecule has 3 heteroatoms. The van der Waals surface area contributed by atoms with Gasteiger partial charge in [-0.05, 0) is 29.7 Å². The minimum absolute atomic E-state index is 0.120. The molecule has 2 unspecified atom stereocenters. The second kappa shape index (κ2) is 3.54. The monoisotopic (exact) mass is 184 g/mol. The Bertz CT molecular complexity index is 233. The number of thioether (sulfide) groups is 1. The molecule has 1 N–H and O–H groups in total. The maximum atomic E-state index is 9.54. The molecule has 2 heterocycles. The summed E-state index contributed by atoms with van der Waals surface area (Å²) in [6.07, 6.45) is 4.27. The lowest BCUT2D eigenvalue weighted by Crippen LogP contribution is -2.19. The van der Waals surface area contributed by atoms with E-state index in [-0.39, 0.29) is 6.10 Å². The summed E-state index contributed by atoms with van der Waals surface area (Å²) in [4.78, 5) is 0. The predicted molar refractivity (Wildman–Crippen MR) is 49.2 cm³/mol. The van der Waals surface area contributed by atoms with E-state index >= 15 is 0 Å². The number of aliphatic hydroxyl groups is 1. The lowest BCUT2D eigenvalue weighted by molar-refractivity contribution is 0.150. The number of rotatable bonds is 2. The van der Waals surface area contributed by atoms with E-state index in [0.717, 1.165) is 17.9 Å². The summed E-state index contributed by atoms with van der Waals surface area (Å²) in [6, 6.07) is 1.97. The quantitative estimate of drug-likeness (QED) is 0.757. The molecular weight excluding hydrogens is 172 g/mol. The molecule has 1 aromatic rings. The van der Waals surface area contributed by atoms with Crippen LogP contribution in [0.5, 0.6) is 0 Å². The first-order valence-corrected chi connectivity index (χ1v) is 5.28. The molecule has 2 rings (SSSR count). The van der Waals surface area contributed by atoms with Crippen LogP contribution in [-0.2, 0) is 6.42 Å². The minimum atomic E-state index is -0.120. The van der Waals surface area contributed by atoms with E-state index in [1.54, 1.807) is 12.5 Å². The van der Waals surface area contributed by atoms with Crippen LogP contribution in [0.15, 0.2) is 23.0 Å². The van der Waals surface area contributed by atoms with Crippen molar-refractivity contribution in [1.82, 2.24) is 0 Å². The maximum absolute atomic E-state index is 9.54. The zero-order valence-electron chi connectivity index (χ0n) is 6.77. The number of aliphatic hydroxyl groups excluding tert-OH is 1. The lowest BCUT2D eigenvalue weighted by atomic mass is 9.99. The van der Waals surface area contributed by atoms with Crippen molar-refractivity contribution in [3.05, 3.63) is 24.2 Å². The third-order valence-electron chi connectivity index (χ3n) is 2.24. The Balaban J connectivity index is 1.95. The molecule has 2 nitrogen and oxygen atoms in total. The molecule has 1 fully saturated rings. The van der Waals surface area contributed by atoms with Crippen LogP contribution in [0.3, 0.4) is 0 Å². The third kappa shape index (κ3) is 1.67. The van der Waals surface area contributed by atoms with Gasteiger partial charge in [-0.1, -0.05) is 0 Å². The number of hydrogen-bond donors (Lipinski definition) is 1. The molecule has 0 amide bonds. The van der Waals surface area contributed by atoms with Gasteiger partial charge in [-0.25, -0.2) is 0 Å². The molecule has 1 aromatic heterocycles. The van der Waals surface area contributed by atoms with E-state index < -0.39 is 0 Å². The number of furan rings is 1. The van der Waals surface area contributed by atoms with E-state index in [1.807, 2.05) is 17.8 Å². The molecular formula is C9H12O2S. The van der Waals surface area contributed by atoms with Crippen LogP contribution in [0.2, 0.25) is 0 Å². The number of hydrogen-bond acceptors (Lipinski definition) is 3. The fourth-order valence-corrected chi connectivity index (χ4v) is 2.79. The van der Waals surface area contributed by atoms with E-state index in [0.29, 0.717) is 5.92 Å². The van der Waals surface area contributed by atoms with Crippen molar-refractivity contribution in [2.75, 3.05) is 11.5 Å². The summed E-state index contributed by atoms with van der Waals surface area (Å²) in [5, 5.41) is 9.54. The highest BCUT2D eigenvalue weighted by Crippen LogP contribution is 2.27. The Kier molecular flexibility index (Phi) is 2.42. The van der Waals surface area contributed by atoms with Gasteiger partial charge in [0, 0.05) is 5.75 Å². The Morgan fingerprint density at radius 2 is 2.50 bits per heavy atom. The van der Waals surface area contributed by atoms with Crippen molar-refractivity contribution in [2.24, 2.45) is 5.92 Å². The molecule has 2 atom stereocenters. The normalized spacial score (nSPS) is 29.4. The van der Waals surface area contributed by atoms with Crippen molar-refractivity contribution in [3.8, 4) is 0 Å². The summed E-state index contributed by atoms with van der Waals surface area (Å²) >= 11 is 1.83. The molecule has 66 valence electrons. The van der Waals surface area contributed by atoms with Gasteiger partial charge in [0.1, 0.15) is 0 Å². The summed E-state index contributed by atoms with van der Waals surface area (Å²) in [5.41, 5.74) is 1.20. The van der Waals surface area contributed by atoms with Crippen LogP contribution in [0.1, 0.15) is 5.56 Å². The molecule has 0 aromatic carbocycles. The van der Waals surface area contributed by atoms with Crippen LogP contribution in [-0.4, -0.2) is 22.7 Å². The predicted octanol–water partition coefficient (Wildman–Crippen LogP) is 1.55. The Hall–Kier alpha value is -0.410. The topological polar surface area (TPSA) is 33.4 Å². The average molecular weight is 184 g/mol. The van der Waals surface area contributed by atoms with Crippen LogP contribution in [0, 0.1) is 5.92 Å². The largest absolute Gasteiger partial charge is 0.472 e. The molecule has 1 aliphatic rings.